The number of hydrogen-bond acceptors (Lipinski definition) is 5. The molecule has 3 N–H and O–H groups in total. The van der Waals surface area contributed by atoms with Gasteiger partial charge in [-0.15, -0.1) is 11.3 Å². The van der Waals surface area contributed by atoms with Crippen molar-refractivity contribution >= 4 is 34.6 Å². The molecule has 2 rings (SSSR count). The van der Waals surface area contributed by atoms with Crippen LogP contribution < -0.4 is 11.2 Å². The summed E-state index contributed by atoms with van der Waals surface area (Å²) in [6, 6.07) is 0.910. The van der Waals surface area contributed by atoms with Crippen LogP contribution >= 0.6 is 23.6 Å². The number of hydrogen-bond donors (Lipinski definition) is 2. The zero-order chi connectivity index (χ0) is 18.1. The maximum Gasteiger partial charge on any atom is 0.433 e. The molecule has 0 saturated carbocycles. The minimum absolute atomic E-state index is 0.0386. The van der Waals surface area contributed by atoms with E-state index in [1.807, 2.05) is 0 Å². The van der Waals surface area contributed by atoms with Crippen molar-refractivity contribution in [1.82, 2.24) is 25.2 Å². The van der Waals surface area contributed by atoms with Crippen molar-refractivity contribution in [1.29, 1.82) is 0 Å². The number of carbonyl (C=O) groups is 1. The molecular weight excluding hydrogens is 365 g/mol. The predicted octanol–water partition coefficient (Wildman–Crippen LogP) is 1.87. The fraction of sp³-hybridized carbons (Fsp3) is 0.333. The van der Waals surface area contributed by atoms with Gasteiger partial charge >= 0.3 is 6.18 Å². The Balaban J connectivity index is 2.29. The first-order valence-electron chi connectivity index (χ1n) is 6.61. The first-order valence-corrected chi connectivity index (χ1v) is 7.90. The smallest absolute Gasteiger partial charge is 0.375 e. The summed E-state index contributed by atoms with van der Waals surface area (Å²) in [5.41, 5.74) is 7.01. The number of thiazole rings is 1. The Kier molecular flexibility index (Phi) is 5.08. The largest absolute Gasteiger partial charge is 0.433 e. The van der Waals surface area contributed by atoms with Crippen LogP contribution in [0.25, 0.3) is 5.13 Å². The molecular formula is C12H13F3N6OS2. The third-order valence-electron chi connectivity index (χ3n) is 2.85. The summed E-state index contributed by atoms with van der Waals surface area (Å²) < 4.78 is 39.7. The summed E-state index contributed by atoms with van der Waals surface area (Å²) >= 11 is 5.62. The van der Waals surface area contributed by atoms with Crippen molar-refractivity contribution in [2.45, 2.75) is 20.0 Å². The molecule has 0 aromatic carbocycles. The van der Waals surface area contributed by atoms with Crippen LogP contribution in [0, 0.1) is 6.92 Å². The number of thiocarbonyl (C=S) groups is 1. The first kappa shape index (κ1) is 18.1. The molecule has 2 aromatic heterocycles. The average Bonchev–Trinajstić information content (AvgIpc) is 3.09. The second-order valence-electron chi connectivity index (χ2n) is 4.62. The lowest BCUT2D eigenvalue weighted by atomic mass is 10.3. The highest BCUT2D eigenvalue weighted by Crippen LogP contribution is 2.32. The monoisotopic (exact) mass is 378 g/mol. The number of nitrogens with one attached hydrogen (secondary N) is 1. The molecule has 0 radical (unpaired) electrons. The van der Waals surface area contributed by atoms with Gasteiger partial charge in [0.15, 0.2) is 10.8 Å². The zero-order valence-electron chi connectivity index (χ0n) is 12.6. The van der Waals surface area contributed by atoms with E-state index >= 15 is 0 Å². The van der Waals surface area contributed by atoms with Crippen molar-refractivity contribution in [3.63, 3.8) is 0 Å². The van der Waals surface area contributed by atoms with Gasteiger partial charge in [0, 0.05) is 11.9 Å². The van der Waals surface area contributed by atoms with E-state index in [0.717, 1.165) is 17.4 Å². The number of halogens is 3. The van der Waals surface area contributed by atoms with Crippen molar-refractivity contribution < 1.29 is 18.0 Å². The van der Waals surface area contributed by atoms with Crippen LogP contribution in [-0.4, -0.2) is 37.3 Å². The van der Waals surface area contributed by atoms with E-state index in [4.69, 9.17) is 18.0 Å². The van der Waals surface area contributed by atoms with E-state index in [0.29, 0.717) is 11.2 Å². The minimum atomic E-state index is -4.58. The third kappa shape index (κ3) is 3.82. The van der Waals surface area contributed by atoms with Crippen LogP contribution in [-0.2, 0) is 6.18 Å². The Morgan fingerprint density at radius 1 is 1.54 bits per heavy atom. The lowest BCUT2D eigenvalue weighted by Crippen LogP contribution is -2.48. The predicted molar refractivity (Wildman–Crippen MR) is 85.6 cm³/mol. The molecule has 0 atom stereocenters. The summed E-state index contributed by atoms with van der Waals surface area (Å²) in [6.45, 7) is 3.48. The van der Waals surface area contributed by atoms with Gasteiger partial charge in [-0.1, -0.05) is 0 Å². The summed E-state index contributed by atoms with van der Waals surface area (Å²) in [7, 11) is 0. The number of nitrogens with two attached hydrogens (primary N) is 1. The number of nitrogens with zero attached hydrogens (tertiary/aromatic N) is 4. The number of aryl methyl sites for hydroxylation is 1. The zero-order valence-corrected chi connectivity index (χ0v) is 14.2. The van der Waals surface area contributed by atoms with Gasteiger partial charge in [0.25, 0.3) is 5.91 Å². The summed E-state index contributed by atoms with van der Waals surface area (Å²) in [4.78, 5) is 16.0. The molecule has 24 heavy (non-hydrogen) atoms. The Morgan fingerprint density at radius 3 is 2.75 bits per heavy atom. The van der Waals surface area contributed by atoms with E-state index < -0.39 is 17.8 Å². The SMILES string of the molecule is CCN(NC(=O)c1csc(-n2nc(C)cc2C(F)(F)F)n1)C(N)=S. The second kappa shape index (κ2) is 6.73. The molecule has 0 aliphatic rings. The van der Waals surface area contributed by atoms with Crippen LogP contribution in [0.4, 0.5) is 13.2 Å². The van der Waals surface area contributed by atoms with E-state index in [2.05, 4.69) is 15.5 Å². The van der Waals surface area contributed by atoms with Crippen molar-refractivity contribution in [3.05, 3.63) is 28.5 Å². The molecule has 7 nitrogen and oxygen atoms in total. The minimum Gasteiger partial charge on any atom is -0.375 e. The van der Waals surface area contributed by atoms with Gasteiger partial charge < -0.3 is 5.73 Å². The standard InChI is InChI=1S/C12H13F3N6OS2/c1-3-20(10(16)23)19-9(22)7-5-24-11(17-7)21-8(12(13,14)15)4-6(2)18-21/h4-5H,3H2,1-2H3,(H2,16,23)(H,19,22). The van der Waals surface area contributed by atoms with Gasteiger partial charge in [-0.3, -0.25) is 15.2 Å². The van der Waals surface area contributed by atoms with Crippen LogP contribution in [0.2, 0.25) is 0 Å². The number of alkyl halides is 3. The van der Waals surface area contributed by atoms with Gasteiger partial charge in [0.05, 0.1) is 5.69 Å². The topological polar surface area (TPSA) is 89.1 Å². The van der Waals surface area contributed by atoms with Crippen molar-refractivity contribution in [2.24, 2.45) is 5.73 Å². The van der Waals surface area contributed by atoms with Crippen LogP contribution in [0.1, 0.15) is 28.8 Å². The van der Waals surface area contributed by atoms with Crippen molar-refractivity contribution in [3.8, 4) is 5.13 Å². The Bertz CT molecular complexity index is 769. The quantitative estimate of drug-likeness (QED) is 0.626. The average molecular weight is 378 g/mol. The molecule has 0 fully saturated rings. The molecule has 0 aliphatic carbocycles. The molecule has 0 aliphatic heterocycles. The van der Waals surface area contributed by atoms with Crippen LogP contribution in [0.3, 0.4) is 0 Å². The Labute approximate surface area is 144 Å². The van der Waals surface area contributed by atoms with Gasteiger partial charge in [-0.25, -0.2) is 9.67 Å². The normalized spacial score (nSPS) is 11.4. The fourth-order valence-corrected chi connectivity index (χ4v) is 2.72. The molecule has 1 amide bonds. The van der Waals surface area contributed by atoms with Crippen LogP contribution in [0.15, 0.2) is 11.4 Å². The number of carbonyl (C=O) groups excluding carboxylic acids is 1. The summed E-state index contributed by atoms with van der Waals surface area (Å²) in [6.07, 6.45) is -4.58. The van der Waals surface area contributed by atoms with Crippen molar-refractivity contribution in [2.75, 3.05) is 6.54 Å². The molecule has 2 aromatic rings. The van der Waals surface area contributed by atoms with Gasteiger partial charge in [-0.05, 0) is 32.1 Å². The molecule has 0 unspecified atom stereocenters. The number of amides is 1. The summed E-state index contributed by atoms with van der Waals surface area (Å²) in [5, 5.41) is 6.22. The molecule has 12 heteroatoms. The molecule has 0 saturated heterocycles. The Morgan fingerprint density at radius 2 is 2.21 bits per heavy atom. The lowest BCUT2D eigenvalue weighted by Gasteiger charge is -2.20. The second-order valence-corrected chi connectivity index (χ2v) is 5.87. The third-order valence-corrected chi connectivity index (χ3v) is 3.88. The van der Waals surface area contributed by atoms with E-state index in [-0.39, 0.29) is 21.6 Å². The van der Waals surface area contributed by atoms with Gasteiger partial charge in [0.1, 0.15) is 5.69 Å². The molecule has 2 heterocycles. The highest BCUT2D eigenvalue weighted by Gasteiger charge is 2.36. The highest BCUT2D eigenvalue weighted by molar-refractivity contribution is 7.80. The number of rotatable bonds is 3. The van der Waals surface area contributed by atoms with E-state index in [1.54, 1.807) is 6.92 Å². The number of aromatic nitrogens is 3. The Hall–Kier alpha value is -2.21. The molecule has 0 bridgehead atoms. The first-order chi connectivity index (χ1) is 11.1. The van der Waals surface area contributed by atoms with Gasteiger partial charge in [0.2, 0.25) is 5.13 Å². The number of hydrazine groups is 1. The summed E-state index contributed by atoms with van der Waals surface area (Å²) in [5.74, 6) is -0.635. The van der Waals surface area contributed by atoms with E-state index in [9.17, 15) is 18.0 Å². The fourth-order valence-electron chi connectivity index (χ4n) is 1.78. The lowest BCUT2D eigenvalue weighted by molar-refractivity contribution is -0.142. The maximum absolute atomic E-state index is 13.0. The maximum atomic E-state index is 13.0. The highest BCUT2D eigenvalue weighted by atomic mass is 32.1. The molecule has 0 spiro atoms. The van der Waals surface area contributed by atoms with Crippen LogP contribution in [0.5, 0.6) is 0 Å². The molecule has 130 valence electrons. The van der Waals surface area contributed by atoms with E-state index in [1.165, 1.54) is 17.3 Å². The van der Waals surface area contributed by atoms with Gasteiger partial charge in [-0.2, -0.15) is 18.3 Å².